The van der Waals surface area contributed by atoms with E-state index in [4.69, 9.17) is 27.5 Å². The number of nitrogens with zero attached hydrogens (tertiary/aromatic N) is 3. The van der Waals surface area contributed by atoms with Crippen LogP contribution in [0.25, 0.3) is 0 Å². The van der Waals surface area contributed by atoms with Crippen molar-refractivity contribution in [3.63, 3.8) is 0 Å². The number of β-lactam (4-membered cyclic amide) rings is 1. The Balaban J connectivity index is 1.10. The van der Waals surface area contributed by atoms with Gasteiger partial charge in [0.25, 0.3) is 5.91 Å². The van der Waals surface area contributed by atoms with Crippen LogP contribution >= 0.6 is 23.6 Å². The summed E-state index contributed by atoms with van der Waals surface area (Å²) in [6.07, 6.45) is 0.120. The Morgan fingerprint density at radius 1 is 0.828 bits per heavy atom. The number of ether oxygens (including phenoxy) is 1. The van der Waals surface area contributed by atoms with Crippen molar-refractivity contribution in [1.29, 1.82) is 0 Å². The van der Waals surface area contributed by atoms with Crippen molar-refractivity contribution < 1.29 is 24.0 Å². The monoisotopic (exact) mass is 805 g/mol. The summed E-state index contributed by atoms with van der Waals surface area (Å²) in [7, 11) is 0. The highest BCUT2D eigenvalue weighted by Gasteiger charge is 2.57. The zero-order chi connectivity index (χ0) is 40.2. The molecule has 3 N–H and O–H groups in total. The maximum absolute atomic E-state index is 14.5. The van der Waals surface area contributed by atoms with Gasteiger partial charge in [0.2, 0.25) is 11.5 Å². The number of amides is 2. The van der Waals surface area contributed by atoms with Crippen LogP contribution in [0.1, 0.15) is 57.3 Å². The van der Waals surface area contributed by atoms with Crippen molar-refractivity contribution in [2.75, 3.05) is 5.73 Å². The van der Waals surface area contributed by atoms with Gasteiger partial charge in [-0.25, -0.2) is 9.78 Å². The molecule has 0 spiro atoms. The highest BCUT2D eigenvalue weighted by Crippen LogP contribution is 2.41. The number of esters is 1. The number of thiocarbonyl (C=S) groups is 1. The summed E-state index contributed by atoms with van der Waals surface area (Å²) in [4.78, 5) is 56.3. The average Bonchev–Trinajstić information content (AvgIpc) is 3.61. The number of benzene rings is 5. The van der Waals surface area contributed by atoms with Gasteiger partial charge >= 0.3 is 5.97 Å². The van der Waals surface area contributed by atoms with Gasteiger partial charge in [-0.2, -0.15) is 0 Å². The van der Waals surface area contributed by atoms with Crippen LogP contribution in [0.4, 0.5) is 5.13 Å². The minimum absolute atomic E-state index is 0.153. The summed E-state index contributed by atoms with van der Waals surface area (Å²) < 4.78 is 6.17. The predicted molar refractivity (Wildman–Crippen MR) is 227 cm³/mol. The van der Waals surface area contributed by atoms with Crippen LogP contribution < -0.4 is 11.1 Å². The predicted octanol–water partition coefficient (Wildman–Crippen LogP) is 7.31. The van der Waals surface area contributed by atoms with Crippen LogP contribution in [0, 0.1) is 6.92 Å². The van der Waals surface area contributed by atoms with E-state index in [0.29, 0.717) is 22.6 Å². The molecule has 2 unspecified atom stereocenters. The summed E-state index contributed by atoms with van der Waals surface area (Å²) in [6, 6.07) is 45.2. The molecule has 290 valence electrons. The molecule has 0 saturated carbocycles. The van der Waals surface area contributed by atoms with Crippen LogP contribution in [0.5, 0.6) is 0 Å². The fourth-order valence-corrected chi connectivity index (χ4v) is 8.79. The first-order valence-electron chi connectivity index (χ1n) is 18.9. The van der Waals surface area contributed by atoms with Gasteiger partial charge in [-0.3, -0.25) is 9.59 Å². The van der Waals surface area contributed by atoms with Gasteiger partial charge in [-0.05, 0) is 30.9 Å². The molecule has 2 aliphatic rings. The van der Waals surface area contributed by atoms with Gasteiger partial charge < -0.3 is 25.5 Å². The minimum Gasteiger partial charge on any atom is -0.451 e. The molecule has 0 aliphatic carbocycles. The van der Waals surface area contributed by atoms with Crippen molar-refractivity contribution in [2.45, 2.75) is 49.6 Å². The number of fused-ring (bicyclic) bond motifs is 1. The summed E-state index contributed by atoms with van der Waals surface area (Å²) in [5.74, 6) is -1.77. The molecule has 10 nitrogen and oxygen atoms in total. The fraction of sp³-hybridized carbons (Fsp3) is 0.174. The standard InChI is InChI=1S/C46H39N5O5S2/c1-29-37(49-45(47)58-29)39(50-56-46(32-21-11-4-12-22-32,33-23-13-5-14-24-33)34-25-15-6-16-26-34)42(52)48-38-35-27-28-36(57)40(51(35)43(38)53)44(54)55-41(30-17-7-2-8-18-30)31-19-9-3-10-20-31/h2-26,35,38,40-41H,27-28H2,1H3,(H2,47,49)(H,48,52)/t35?,38-,40?/m1/s1. The lowest BCUT2D eigenvalue weighted by atomic mass is 9.80. The van der Waals surface area contributed by atoms with Crippen LogP contribution in [0.3, 0.4) is 0 Å². The van der Waals surface area contributed by atoms with Crippen molar-refractivity contribution in [3.8, 4) is 0 Å². The maximum Gasteiger partial charge on any atom is 0.335 e. The average molecular weight is 806 g/mol. The zero-order valence-electron chi connectivity index (χ0n) is 31.4. The first-order chi connectivity index (χ1) is 28.3. The fourth-order valence-electron chi connectivity index (χ4n) is 7.77. The third-order valence-electron chi connectivity index (χ3n) is 10.5. The van der Waals surface area contributed by atoms with Gasteiger partial charge in [-0.1, -0.05) is 169 Å². The number of aryl methyl sites for hydroxylation is 1. The molecule has 6 aromatic rings. The normalized spacial score (nSPS) is 17.9. The Morgan fingerprint density at radius 2 is 1.31 bits per heavy atom. The smallest absolute Gasteiger partial charge is 0.335 e. The Labute approximate surface area is 345 Å². The third kappa shape index (κ3) is 7.28. The van der Waals surface area contributed by atoms with Gasteiger partial charge in [0.1, 0.15) is 11.7 Å². The number of rotatable bonds is 12. The zero-order valence-corrected chi connectivity index (χ0v) is 33.1. The highest BCUT2D eigenvalue weighted by molar-refractivity contribution is 7.80. The number of hydrogen-bond donors (Lipinski definition) is 2. The summed E-state index contributed by atoms with van der Waals surface area (Å²) in [6.45, 7) is 1.79. The summed E-state index contributed by atoms with van der Waals surface area (Å²) in [5.41, 5.74) is 8.81. The first kappa shape index (κ1) is 38.4. The van der Waals surface area contributed by atoms with E-state index in [2.05, 4.69) is 15.5 Å². The molecule has 2 amide bonds. The van der Waals surface area contributed by atoms with Gasteiger partial charge in [0.15, 0.2) is 23.0 Å². The van der Waals surface area contributed by atoms with Crippen molar-refractivity contribution >= 4 is 57.0 Å². The Kier molecular flexibility index (Phi) is 10.9. The number of oxime groups is 1. The van der Waals surface area contributed by atoms with E-state index < -0.39 is 47.6 Å². The number of piperidine rings is 1. The van der Waals surface area contributed by atoms with Gasteiger partial charge in [0, 0.05) is 26.4 Å². The molecule has 2 aliphatic heterocycles. The largest absolute Gasteiger partial charge is 0.451 e. The van der Waals surface area contributed by atoms with Crippen LogP contribution in [-0.2, 0) is 29.6 Å². The van der Waals surface area contributed by atoms with E-state index >= 15 is 0 Å². The Hall–Kier alpha value is -6.50. The van der Waals surface area contributed by atoms with Crippen LogP contribution in [0.15, 0.2) is 157 Å². The number of hydrogen-bond acceptors (Lipinski definition) is 10. The van der Waals surface area contributed by atoms with Crippen LogP contribution in [-0.4, -0.2) is 56.4 Å². The van der Waals surface area contributed by atoms with E-state index in [1.165, 1.54) is 16.2 Å². The molecule has 8 rings (SSSR count). The van der Waals surface area contributed by atoms with E-state index in [-0.39, 0.29) is 16.5 Å². The number of nitrogen functional groups attached to an aromatic ring is 1. The molecular formula is C46H39N5O5S2. The number of aromatic nitrogens is 1. The molecule has 3 atom stereocenters. The first-order valence-corrected chi connectivity index (χ1v) is 20.1. The number of nitrogens with one attached hydrogen (secondary N) is 1. The molecule has 12 heteroatoms. The SMILES string of the molecule is Cc1sc(N)nc1C(=NOC(c1ccccc1)(c1ccccc1)c1ccccc1)C(=O)N[C@H]1C(=O)N2C(C(=O)OC(c3ccccc3)c3ccccc3)C(=S)CCC12. The topological polar surface area (TPSA) is 136 Å². The van der Waals surface area contributed by atoms with Crippen LogP contribution in [0.2, 0.25) is 0 Å². The van der Waals surface area contributed by atoms with E-state index in [1.54, 1.807) is 6.92 Å². The van der Waals surface area contributed by atoms with E-state index in [9.17, 15) is 14.4 Å². The quantitative estimate of drug-likeness (QED) is 0.0329. The van der Waals surface area contributed by atoms with Crippen molar-refractivity contribution in [3.05, 3.63) is 190 Å². The second-order valence-corrected chi connectivity index (χ2v) is 15.8. The second-order valence-electron chi connectivity index (χ2n) is 14.1. The number of carbonyl (C=O) groups excluding carboxylic acids is 3. The second kappa shape index (κ2) is 16.5. The van der Waals surface area contributed by atoms with Crippen molar-refractivity contribution in [2.24, 2.45) is 5.16 Å². The van der Waals surface area contributed by atoms with E-state index in [0.717, 1.165) is 27.8 Å². The maximum atomic E-state index is 14.5. The highest BCUT2D eigenvalue weighted by atomic mass is 32.1. The summed E-state index contributed by atoms with van der Waals surface area (Å²) >= 11 is 6.92. The van der Waals surface area contributed by atoms with Gasteiger partial charge in [0.05, 0.1) is 6.04 Å². The number of thiazole rings is 1. The number of carbonyl (C=O) groups is 3. The molecule has 0 radical (unpaired) electrons. The lowest BCUT2D eigenvalue weighted by molar-refractivity contribution is -0.168. The number of anilines is 1. The lowest BCUT2D eigenvalue weighted by Crippen LogP contribution is -2.77. The van der Waals surface area contributed by atoms with Crippen molar-refractivity contribution in [1.82, 2.24) is 15.2 Å². The molecule has 2 saturated heterocycles. The molecule has 0 bridgehead atoms. The Bertz CT molecular complexity index is 2330. The lowest BCUT2D eigenvalue weighted by Gasteiger charge is -2.53. The molecule has 1 aromatic heterocycles. The Morgan fingerprint density at radius 3 is 1.78 bits per heavy atom. The molecule has 3 heterocycles. The summed E-state index contributed by atoms with van der Waals surface area (Å²) in [5, 5.41) is 7.78. The minimum atomic E-state index is -1.29. The molecule has 2 fully saturated rings. The number of nitrogens with two attached hydrogens (primary N) is 1. The molecule has 58 heavy (non-hydrogen) atoms. The molecular weight excluding hydrogens is 767 g/mol. The third-order valence-corrected chi connectivity index (χ3v) is 11.8. The van der Waals surface area contributed by atoms with Gasteiger partial charge in [-0.15, -0.1) is 11.3 Å². The molecule has 5 aromatic carbocycles. The van der Waals surface area contributed by atoms with E-state index in [1.807, 2.05) is 152 Å².